The van der Waals surface area contributed by atoms with Gasteiger partial charge in [0.15, 0.2) is 11.0 Å². The standard InChI is InChI=1S/C17H15N5OS3/c1-3-12(24-7-1)9-15-19-20-17(22(15)11-5-6-11)26-10-14-18-16(23-21-14)13-4-2-8-25-13/h1-4,7-8,11H,5-6,9-10H2. The normalized spacial score (nSPS) is 14.2. The van der Waals surface area contributed by atoms with Gasteiger partial charge in [0.25, 0.3) is 5.89 Å². The first-order valence-corrected chi connectivity index (χ1v) is 11.1. The lowest BCUT2D eigenvalue weighted by atomic mass is 10.3. The molecule has 9 heteroatoms. The van der Waals surface area contributed by atoms with Gasteiger partial charge in [-0.2, -0.15) is 4.98 Å². The summed E-state index contributed by atoms with van der Waals surface area (Å²) in [6.07, 6.45) is 3.24. The third kappa shape index (κ3) is 3.34. The second-order valence-corrected chi connectivity index (χ2v) is 8.96. The smallest absolute Gasteiger partial charge is 0.268 e. The lowest BCUT2D eigenvalue weighted by molar-refractivity contribution is 0.426. The molecule has 0 radical (unpaired) electrons. The van der Waals surface area contributed by atoms with Crippen LogP contribution in [0.2, 0.25) is 0 Å². The first kappa shape index (κ1) is 16.2. The zero-order valence-electron chi connectivity index (χ0n) is 13.7. The Morgan fingerprint density at radius 3 is 2.81 bits per heavy atom. The Kier molecular flexibility index (Phi) is 4.35. The van der Waals surface area contributed by atoms with Gasteiger partial charge in [-0.3, -0.25) is 0 Å². The van der Waals surface area contributed by atoms with E-state index < -0.39 is 0 Å². The van der Waals surface area contributed by atoms with Crippen LogP contribution < -0.4 is 0 Å². The molecule has 1 aliphatic rings. The van der Waals surface area contributed by atoms with Gasteiger partial charge < -0.3 is 9.09 Å². The van der Waals surface area contributed by atoms with Crippen LogP contribution in [0.5, 0.6) is 0 Å². The number of nitrogens with zero attached hydrogens (tertiary/aromatic N) is 5. The van der Waals surface area contributed by atoms with Crippen molar-refractivity contribution in [3.8, 4) is 10.8 Å². The molecule has 1 saturated carbocycles. The predicted molar refractivity (Wildman–Crippen MR) is 103 cm³/mol. The average molecular weight is 402 g/mol. The van der Waals surface area contributed by atoms with E-state index in [0.29, 0.717) is 23.5 Å². The van der Waals surface area contributed by atoms with Gasteiger partial charge in [0.2, 0.25) is 0 Å². The quantitative estimate of drug-likeness (QED) is 0.419. The van der Waals surface area contributed by atoms with Crippen molar-refractivity contribution < 1.29 is 4.52 Å². The molecule has 0 unspecified atom stereocenters. The molecule has 0 bridgehead atoms. The number of aromatic nitrogens is 5. The first-order chi connectivity index (χ1) is 12.9. The van der Waals surface area contributed by atoms with Gasteiger partial charge in [0, 0.05) is 17.3 Å². The summed E-state index contributed by atoms with van der Waals surface area (Å²) in [5.41, 5.74) is 0. The maximum atomic E-state index is 5.36. The number of hydrogen-bond donors (Lipinski definition) is 0. The van der Waals surface area contributed by atoms with Crippen molar-refractivity contribution in [1.29, 1.82) is 0 Å². The summed E-state index contributed by atoms with van der Waals surface area (Å²) in [4.78, 5) is 6.79. The molecule has 0 amide bonds. The minimum absolute atomic E-state index is 0.536. The van der Waals surface area contributed by atoms with E-state index in [2.05, 4.69) is 42.4 Å². The molecule has 0 N–H and O–H groups in total. The van der Waals surface area contributed by atoms with Gasteiger partial charge in [-0.05, 0) is 35.7 Å². The number of hydrogen-bond acceptors (Lipinski definition) is 8. The van der Waals surface area contributed by atoms with E-state index in [4.69, 9.17) is 4.52 Å². The van der Waals surface area contributed by atoms with E-state index in [9.17, 15) is 0 Å². The Morgan fingerprint density at radius 1 is 1.15 bits per heavy atom. The minimum atomic E-state index is 0.536. The molecule has 132 valence electrons. The highest BCUT2D eigenvalue weighted by atomic mass is 32.2. The van der Waals surface area contributed by atoms with Crippen LogP contribution in [-0.4, -0.2) is 24.9 Å². The van der Waals surface area contributed by atoms with Gasteiger partial charge in [-0.25, -0.2) is 0 Å². The van der Waals surface area contributed by atoms with Crippen LogP contribution >= 0.6 is 34.4 Å². The number of thioether (sulfide) groups is 1. The molecule has 4 aromatic heterocycles. The van der Waals surface area contributed by atoms with Crippen molar-refractivity contribution in [1.82, 2.24) is 24.9 Å². The Bertz CT molecular complexity index is 986. The van der Waals surface area contributed by atoms with Crippen LogP contribution in [0.25, 0.3) is 10.8 Å². The Morgan fingerprint density at radius 2 is 2.04 bits per heavy atom. The monoisotopic (exact) mass is 401 g/mol. The van der Waals surface area contributed by atoms with Crippen LogP contribution in [0.3, 0.4) is 0 Å². The minimum Gasteiger partial charge on any atom is -0.333 e. The second kappa shape index (κ2) is 6.98. The fraction of sp³-hybridized carbons (Fsp3) is 0.294. The molecule has 5 rings (SSSR count). The van der Waals surface area contributed by atoms with E-state index in [1.165, 1.54) is 17.7 Å². The molecule has 1 fully saturated rings. The van der Waals surface area contributed by atoms with Crippen molar-refractivity contribution in [3.05, 3.63) is 51.6 Å². The Labute approximate surface area is 162 Å². The molecule has 0 aliphatic heterocycles. The molecule has 0 atom stereocenters. The van der Waals surface area contributed by atoms with Gasteiger partial charge in [-0.1, -0.05) is 29.1 Å². The van der Waals surface area contributed by atoms with Crippen LogP contribution in [0, 0.1) is 0 Å². The first-order valence-electron chi connectivity index (χ1n) is 8.32. The van der Waals surface area contributed by atoms with Crippen LogP contribution in [-0.2, 0) is 12.2 Å². The van der Waals surface area contributed by atoms with Gasteiger partial charge in [0.1, 0.15) is 5.82 Å². The molecular weight excluding hydrogens is 386 g/mol. The van der Waals surface area contributed by atoms with E-state index in [1.807, 2.05) is 17.5 Å². The molecule has 26 heavy (non-hydrogen) atoms. The molecule has 6 nitrogen and oxygen atoms in total. The molecule has 4 heterocycles. The third-order valence-electron chi connectivity index (χ3n) is 4.09. The summed E-state index contributed by atoms with van der Waals surface area (Å²) in [5, 5.41) is 18.0. The lowest BCUT2D eigenvalue weighted by Gasteiger charge is -2.07. The highest BCUT2D eigenvalue weighted by Gasteiger charge is 2.30. The Balaban J connectivity index is 1.32. The number of rotatable bonds is 7. The highest BCUT2D eigenvalue weighted by Crippen LogP contribution is 2.39. The van der Waals surface area contributed by atoms with Gasteiger partial charge >= 0.3 is 0 Å². The van der Waals surface area contributed by atoms with Crippen molar-refractivity contribution in [2.24, 2.45) is 0 Å². The van der Waals surface area contributed by atoms with E-state index >= 15 is 0 Å². The summed E-state index contributed by atoms with van der Waals surface area (Å²) in [6, 6.07) is 8.72. The van der Waals surface area contributed by atoms with Crippen molar-refractivity contribution in [3.63, 3.8) is 0 Å². The molecule has 0 saturated heterocycles. The number of thiophene rings is 2. The van der Waals surface area contributed by atoms with Crippen molar-refractivity contribution in [2.45, 2.75) is 36.2 Å². The fourth-order valence-corrected chi connectivity index (χ4v) is 4.95. The second-order valence-electron chi connectivity index (χ2n) is 6.04. The zero-order chi connectivity index (χ0) is 17.3. The van der Waals surface area contributed by atoms with E-state index in [0.717, 1.165) is 22.3 Å². The predicted octanol–water partition coefficient (Wildman–Crippen LogP) is 4.67. The summed E-state index contributed by atoms with van der Waals surface area (Å²) < 4.78 is 7.65. The molecular formula is C17H15N5OS3. The van der Waals surface area contributed by atoms with Crippen molar-refractivity contribution >= 4 is 34.4 Å². The summed E-state index contributed by atoms with van der Waals surface area (Å²) in [6.45, 7) is 0. The maximum absolute atomic E-state index is 5.36. The average Bonchev–Trinajstić information content (AvgIpc) is 3.17. The maximum Gasteiger partial charge on any atom is 0.268 e. The van der Waals surface area contributed by atoms with Crippen LogP contribution in [0.1, 0.15) is 35.4 Å². The molecule has 1 aliphatic carbocycles. The molecule has 4 aromatic rings. The third-order valence-corrected chi connectivity index (χ3v) is 6.76. The van der Waals surface area contributed by atoms with E-state index in [-0.39, 0.29) is 0 Å². The SMILES string of the molecule is c1csc(Cc2nnc(SCc3noc(-c4cccs4)n3)n2C2CC2)c1. The zero-order valence-corrected chi connectivity index (χ0v) is 16.2. The summed E-state index contributed by atoms with van der Waals surface area (Å²) in [5.74, 6) is 2.93. The van der Waals surface area contributed by atoms with Gasteiger partial charge in [-0.15, -0.1) is 32.9 Å². The Hall–Kier alpha value is -1.97. The van der Waals surface area contributed by atoms with Crippen LogP contribution in [0.4, 0.5) is 0 Å². The lowest BCUT2D eigenvalue weighted by Crippen LogP contribution is -2.03. The fourth-order valence-electron chi connectivity index (χ4n) is 2.74. The van der Waals surface area contributed by atoms with Gasteiger partial charge in [0.05, 0.1) is 10.6 Å². The molecule has 0 aromatic carbocycles. The summed E-state index contributed by atoms with van der Waals surface area (Å²) in [7, 11) is 0. The van der Waals surface area contributed by atoms with Crippen molar-refractivity contribution in [2.75, 3.05) is 0 Å². The summed E-state index contributed by atoms with van der Waals surface area (Å²) >= 11 is 4.98. The topological polar surface area (TPSA) is 69.6 Å². The van der Waals surface area contributed by atoms with Crippen LogP contribution in [0.15, 0.2) is 44.7 Å². The van der Waals surface area contributed by atoms with E-state index in [1.54, 1.807) is 34.4 Å². The molecule has 0 spiro atoms. The highest BCUT2D eigenvalue weighted by molar-refractivity contribution is 7.98. The largest absolute Gasteiger partial charge is 0.333 e.